The second-order valence-electron chi connectivity index (χ2n) is 7.51. The number of nitrogens with zero attached hydrogens (tertiary/aromatic N) is 2. The summed E-state index contributed by atoms with van der Waals surface area (Å²) in [4.78, 5) is 21.1. The topological polar surface area (TPSA) is 101 Å². The molecule has 7 nitrogen and oxygen atoms in total. The minimum absolute atomic E-state index is 0.0960. The largest absolute Gasteiger partial charge is 0.322 e. The average molecular weight is 459 g/mol. The number of hydrogen-bond donors (Lipinski definition) is 2. The third-order valence-corrected chi connectivity index (χ3v) is 6.45. The van der Waals surface area contributed by atoms with E-state index in [1.165, 1.54) is 36.7 Å². The van der Waals surface area contributed by atoms with Crippen LogP contribution in [0.3, 0.4) is 0 Å². The van der Waals surface area contributed by atoms with Crippen LogP contribution >= 0.6 is 0 Å². The van der Waals surface area contributed by atoms with Gasteiger partial charge in [-0.15, -0.1) is 0 Å². The first-order valence-electron chi connectivity index (χ1n) is 10.2. The van der Waals surface area contributed by atoms with E-state index < -0.39 is 10.0 Å². The van der Waals surface area contributed by atoms with Crippen molar-refractivity contribution in [2.75, 3.05) is 10.0 Å². The van der Waals surface area contributed by atoms with Crippen LogP contribution in [-0.2, 0) is 10.0 Å². The number of sulfonamides is 1. The number of nitrogens with one attached hydrogen (secondary N) is 2. The fourth-order valence-electron chi connectivity index (χ4n) is 3.27. The Hall–Kier alpha value is -4.04. The zero-order valence-electron chi connectivity index (χ0n) is 18.1. The van der Waals surface area contributed by atoms with Gasteiger partial charge in [-0.1, -0.05) is 48.5 Å². The van der Waals surface area contributed by atoms with Gasteiger partial charge in [0.2, 0.25) is 0 Å². The maximum absolute atomic E-state index is 12.8. The lowest BCUT2D eigenvalue weighted by Crippen LogP contribution is -2.15. The molecule has 166 valence electrons. The number of rotatable bonds is 6. The number of anilines is 2. The normalized spacial score (nSPS) is 11.1. The second-order valence-corrected chi connectivity index (χ2v) is 9.19. The third kappa shape index (κ3) is 5.07. The zero-order chi connectivity index (χ0) is 23.4. The molecule has 0 radical (unpaired) electrons. The number of carbonyl (C=O) groups excluding carboxylic acids is 1. The molecule has 0 unspecified atom stereocenters. The van der Waals surface area contributed by atoms with Crippen LogP contribution in [0.15, 0.2) is 90.1 Å². The Morgan fingerprint density at radius 1 is 0.788 bits per heavy atom. The van der Waals surface area contributed by atoms with E-state index in [4.69, 9.17) is 0 Å². The number of para-hydroxylation sites is 1. The van der Waals surface area contributed by atoms with Crippen LogP contribution in [0.1, 0.15) is 21.5 Å². The molecule has 0 aliphatic carbocycles. The van der Waals surface area contributed by atoms with Crippen LogP contribution in [0.4, 0.5) is 11.4 Å². The number of carbonyl (C=O) groups is 1. The van der Waals surface area contributed by atoms with E-state index in [0.29, 0.717) is 22.8 Å². The monoisotopic (exact) mass is 458 g/mol. The van der Waals surface area contributed by atoms with Crippen molar-refractivity contribution in [1.82, 2.24) is 9.97 Å². The number of hydrogen-bond acceptors (Lipinski definition) is 5. The summed E-state index contributed by atoms with van der Waals surface area (Å²) in [5.41, 5.74) is 3.84. The molecule has 0 spiro atoms. The van der Waals surface area contributed by atoms with Crippen molar-refractivity contribution in [3.63, 3.8) is 0 Å². The predicted octanol–water partition coefficient (Wildman–Crippen LogP) is 4.81. The lowest BCUT2D eigenvalue weighted by atomic mass is 10.1. The van der Waals surface area contributed by atoms with Crippen LogP contribution in [0.5, 0.6) is 0 Å². The molecule has 0 fully saturated rings. The summed E-state index contributed by atoms with van der Waals surface area (Å²) in [5.74, 6) is 0.136. The summed E-state index contributed by atoms with van der Waals surface area (Å²) in [6.45, 7) is 3.69. The van der Waals surface area contributed by atoms with E-state index in [-0.39, 0.29) is 10.8 Å². The lowest BCUT2D eigenvalue weighted by molar-refractivity contribution is 0.102. The van der Waals surface area contributed by atoms with Crippen molar-refractivity contribution in [3.8, 4) is 11.4 Å². The summed E-state index contributed by atoms with van der Waals surface area (Å²) in [6, 6.07) is 21.0. The van der Waals surface area contributed by atoms with E-state index in [2.05, 4.69) is 20.0 Å². The maximum Gasteiger partial charge on any atom is 0.261 e. The van der Waals surface area contributed by atoms with Gasteiger partial charge in [0, 0.05) is 23.6 Å². The first-order valence-corrected chi connectivity index (χ1v) is 11.7. The minimum Gasteiger partial charge on any atom is -0.322 e. The molecule has 0 atom stereocenters. The van der Waals surface area contributed by atoms with Gasteiger partial charge < -0.3 is 5.32 Å². The fraction of sp³-hybridized carbons (Fsp3) is 0.0800. The number of amides is 1. The average Bonchev–Trinajstić information content (AvgIpc) is 2.82. The van der Waals surface area contributed by atoms with Crippen molar-refractivity contribution in [3.05, 3.63) is 102 Å². The molecule has 0 bridgehead atoms. The Morgan fingerprint density at radius 3 is 2.00 bits per heavy atom. The Morgan fingerprint density at radius 2 is 1.39 bits per heavy atom. The highest BCUT2D eigenvalue weighted by Crippen LogP contribution is 2.24. The Bertz CT molecular complexity index is 1370. The SMILES string of the molecule is Cc1cccc(C)c1NS(=O)(=O)c1ccc(NC(=O)c2cnc(-c3ccccc3)nc2)cc1. The van der Waals surface area contributed by atoms with Crippen molar-refractivity contribution < 1.29 is 13.2 Å². The molecule has 1 amide bonds. The van der Waals surface area contributed by atoms with Gasteiger partial charge in [-0.25, -0.2) is 18.4 Å². The third-order valence-electron chi connectivity index (χ3n) is 5.09. The van der Waals surface area contributed by atoms with E-state index in [0.717, 1.165) is 16.7 Å². The highest BCUT2D eigenvalue weighted by atomic mass is 32.2. The summed E-state index contributed by atoms with van der Waals surface area (Å²) in [7, 11) is -3.77. The Kier molecular flexibility index (Phi) is 6.19. The summed E-state index contributed by atoms with van der Waals surface area (Å²) >= 11 is 0. The molecule has 0 aliphatic heterocycles. The zero-order valence-corrected chi connectivity index (χ0v) is 18.9. The Balaban J connectivity index is 1.45. The first kappa shape index (κ1) is 22.2. The molecule has 4 aromatic rings. The van der Waals surface area contributed by atoms with Gasteiger partial charge in [-0.3, -0.25) is 9.52 Å². The molecule has 2 N–H and O–H groups in total. The maximum atomic E-state index is 12.8. The molecule has 0 aliphatic rings. The van der Waals surface area contributed by atoms with Crippen LogP contribution in [0.25, 0.3) is 11.4 Å². The quantitative estimate of drug-likeness (QED) is 0.432. The van der Waals surface area contributed by atoms with Crippen molar-refractivity contribution in [2.45, 2.75) is 18.7 Å². The fourth-order valence-corrected chi connectivity index (χ4v) is 4.47. The molecule has 33 heavy (non-hydrogen) atoms. The first-order chi connectivity index (χ1) is 15.8. The smallest absolute Gasteiger partial charge is 0.261 e. The lowest BCUT2D eigenvalue weighted by Gasteiger charge is -2.13. The highest BCUT2D eigenvalue weighted by molar-refractivity contribution is 7.92. The summed E-state index contributed by atoms with van der Waals surface area (Å²) in [6.07, 6.45) is 2.91. The number of aryl methyl sites for hydroxylation is 2. The molecule has 0 saturated carbocycles. The van der Waals surface area contributed by atoms with Gasteiger partial charge in [0.25, 0.3) is 15.9 Å². The van der Waals surface area contributed by atoms with Gasteiger partial charge in [-0.05, 0) is 49.2 Å². The Labute approximate surface area is 192 Å². The predicted molar refractivity (Wildman–Crippen MR) is 129 cm³/mol. The van der Waals surface area contributed by atoms with E-state index in [1.807, 2.05) is 62.4 Å². The molecule has 4 rings (SSSR count). The van der Waals surface area contributed by atoms with Gasteiger partial charge in [-0.2, -0.15) is 0 Å². The van der Waals surface area contributed by atoms with E-state index in [1.54, 1.807) is 0 Å². The van der Waals surface area contributed by atoms with Crippen molar-refractivity contribution in [2.24, 2.45) is 0 Å². The summed E-state index contributed by atoms with van der Waals surface area (Å²) < 4.78 is 28.2. The molecular weight excluding hydrogens is 436 g/mol. The van der Waals surface area contributed by atoms with E-state index in [9.17, 15) is 13.2 Å². The minimum atomic E-state index is -3.77. The van der Waals surface area contributed by atoms with Crippen molar-refractivity contribution >= 4 is 27.3 Å². The van der Waals surface area contributed by atoms with Gasteiger partial charge in [0.15, 0.2) is 5.82 Å². The number of benzene rings is 3. The van der Waals surface area contributed by atoms with Gasteiger partial charge >= 0.3 is 0 Å². The van der Waals surface area contributed by atoms with Crippen LogP contribution in [0, 0.1) is 13.8 Å². The summed E-state index contributed by atoms with van der Waals surface area (Å²) in [5, 5.41) is 2.73. The van der Waals surface area contributed by atoms with Crippen LogP contribution in [-0.4, -0.2) is 24.3 Å². The van der Waals surface area contributed by atoms with Gasteiger partial charge in [0.05, 0.1) is 16.1 Å². The highest BCUT2D eigenvalue weighted by Gasteiger charge is 2.17. The van der Waals surface area contributed by atoms with Crippen LogP contribution < -0.4 is 10.0 Å². The standard InChI is InChI=1S/C25H22N4O3S/c1-17-7-6-8-18(2)23(17)29-33(31,32)22-13-11-21(12-14-22)28-25(30)20-15-26-24(27-16-20)19-9-4-3-5-10-19/h3-16,29H,1-2H3,(H,28,30). The van der Waals surface area contributed by atoms with Crippen LogP contribution in [0.2, 0.25) is 0 Å². The number of aromatic nitrogens is 2. The molecule has 1 heterocycles. The molecular formula is C25H22N4O3S. The molecule has 0 saturated heterocycles. The van der Waals surface area contributed by atoms with Crippen molar-refractivity contribution in [1.29, 1.82) is 0 Å². The van der Waals surface area contributed by atoms with Gasteiger partial charge in [0.1, 0.15) is 0 Å². The molecule has 8 heteroatoms. The molecule has 1 aromatic heterocycles. The second kappa shape index (κ2) is 9.22. The van der Waals surface area contributed by atoms with E-state index >= 15 is 0 Å². The molecule has 3 aromatic carbocycles.